The SMILES string of the molecule is CCNCC(C)C(C)CCc1ccnn1C. The minimum Gasteiger partial charge on any atom is -0.317 e. The lowest BCUT2D eigenvalue weighted by Gasteiger charge is -2.20. The molecule has 3 heteroatoms. The fourth-order valence-corrected chi connectivity index (χ4v) is 1.88. The number of hydrogen-bond acceptors (Lipinski definition) is 2. The first-order chi connectivity index (χ1) is 7.65. The van der Waals surface area contributed by atoms with Gasteiger partial charge in [0, 0.05) is 18.9 Å². The Morgan fingerprint density at radius 1 is 1.38 bits per heavy atom. The predicted molar refractivity (Wildman–Crippen MR) is 68.4 cm³/mol. The van der Waals surface area contributed by atoms with Crippen LogP contribution in [-0.2, 0) is 13.5 Å². The molecule has 0 amide bonds. The summed E-state index contributed by atoms with van der Waals surface area (Å²) < 4.78 is 1.97. The summed E-state index contributed by atoms with van der Waals surface area (Å²) in [4.78, 5) is 0. The molecule has 1 N–H and O–H groups in total. The molecule has 0 aromatic carbocycles. The largest absolute Gasteiger partial charge is 0.317 e. The van der Waals surface area contributed by atoms with Crippen molar-refractivity contribution in [2.24, 2.45) is 18.9 Å². The van der Waals surface area contributed by atoms with Crippen LogP contribution in [0.5, 0.6) is 0 Å². The summed E-state index contributed by atoms with van der Waals surface area (Å²) in [6.45, 7) is 9.03. The Hall–Kier alpha value is -0.830. The van der Waals surface area contributed by atoms with Crippen LogP contribution in [0, 0.1) is 11.8 Å². The van der Waals surface area contributed by atoms with E-state index in [1.807, 2.05) is 17.9 Å². The van der Waals surface area contributed by atoms with Crippen LogP contribution in [0.2, 0.25) is 0 Å². The number of aryl methyl sites for hydroxylation is 2. The van der Waals surface area contributed by atoms with Crippen molar-refractivity contribution in [1.29, 1.82) is 0 Å². The zero-order valence-electron chi connectivity index (χ0n) is 11.0. The molecule has 16 heavy (non-hydrogen) atoms. The summed E-state index contributed by atoms with van der Waals surface area (Å²) >= 11 is 0. The molecule has 0 fully saturated rings. The van der Waals surface area contributed by atoms with E-state index in [2.05, 4.69) is 37.3 Å². The van der Waals surface area contributed by atoms with Crippen molar-refractivity contribution < 1.29 is 0 Å². The third-order valence-corrected chi connectivity index (χ3v) is 3.47. The maximum absolute atomic E-state index is 4.19. The zero-order chi connectivity index (χ0) is 12.0. The Labute approximate surface area is 99.2 Å². The van der Waals surface area contributed by atoms with Gasteiger partial charge in [-0.2, -0.15) is 5.10 Å². The number of rotatable bonds is 7. The molecule has 0 aliphatic rings. The highest BCUT2D eigenvalue weighted by atomic mass is 15.2. The molecule has 0 saturated carbocycles. The molecule has 2 atom stereocenters. The maximum Gasteiger partial charge on any atom is 0.0492 e. The number of hydrogen-bond donors (Lipinski definition) is 1. The highest BCUT2D eigenvalue weighted by Gasteiger charge is 2.12. The van der Waals surface area contributed by atoms with E-state index in [1.165, 1.54) is 12.1 Å². The standard InChI is InChI=1S/C13H25N3/c1-5-14-10-12(3)11(2)6-7-13-8-9-15-16(13)4/h8-9,11-12,14H,5-7,10H2,1-4H3. The molecular formula is C13H25N3. The first kappa shape index (κ1) is 13.2. The molecule has 0 aliphatic carbocycles. The summed E-state index contributed by atoms with van der Waals surface area (Å²) in [6.07, 6.45) is 4.25. The molecule has 0 radical (unpaired) electrons. The molecule has 1 rings (SSSR count). The highest BCUT2D eigenvalue weighted by molar-refractivity contribution is 4.99. The van der Waals surface area contributed by atoms with Crippen molar-refractivity contribution in [1.82, 2.24) is 15.1 Å². The summed E-state index contributed by atoms with van der Waals surface area (Å²) in [6, 6.07) is 2.11. The molecule has 1 heterocycles. The van der Waals surface area contributed by atoms with Crippen LogP contribution in [0.25, 0.3) is 0 Å². The average Bonchev–Trinajstić information content (AvgIpc) is 2.68. The molecule has 0 bridgehead atoms. The van der Waals surface area contributed by atoms with Crippen LogP contribution in [0.15, 0.2) is 12.3 Å². The Morgan fingerprint density at radius 3 is 2.69 bits per heavy atom. The molecular weight excluding hydrogens is 198 g/mol. The van der Waals surface area contributed by atoms with Gasteiger partial charge in [-0.05, 0) is 43.8 Å². The van der Waals surface area contributed by atoms with Gasteiger partial charge in [-0.3, -0.25) is 4.68 Å². The average molecular weight is 223 g/mol. The summed E-state index contributed by atoms with van der Waals surface area (Å²) in [5, 5.41) is 7.61. The molecule has 1 aromatic rings. The number of aromatic nitrogens is 2. The van der Waals surface area contributed by atoms with Gasteiger partial charge in [0.1, 0.15) is 0 Å². The fourth-order valence-electron chi connectivity index (χ4n) is 1.88. The molecule has 0 spiro atoms. The first-order valence-electron chi connectivity index (χ1n) is 6.32. The Kier molecular flexibility index (Phi) is 5.53. The van der Waals surface area contributed by atoms with Crippen molar-refractivity contribution in [3.05, 3.63) is 18.0 Å². The minimum absolute atomic E-state index is 0.744. The van der Waals surface area contributed by atoms with Gasteiger partial charge in [-0.1, -0.05) is 20.8 Å². The molecule has 92 valence electrons. The van der Waals surface area contributed by atoms with Gasteiger partial charge in [0.15, 0.2) is 0 Å². The van der Waals surface area contributed by atoms with Crippen LogP contribution in [0.1, 0.15) is 32.9 Å². The lowest BCUT2D eigenvalue weighted by atomic mass is 9.91. The maximum atomic E-state index is 4.19. The van der Waals surface area contributed by atoms with E-state index in [0.29, 0.717) is 0 Å². The van der Waals surface area contributed by atoms with E-state index in [1.54, 1.807) is 0 Å². The monoisotopic (exact) mass is 223 g/mol. The topological polar surface area (TPSA) is 29.9 Å². The van der Waals surface area contributed by atoms with E-state index < -0.39 is 0 Å². The molecule has 1 aromatic heterocycles. The van der Waals surface area contributed by atoms with E-state index in [-0.39, 0.29) is 0 Å². The van der Waals surface area contributed by atoms with Gasteiger partial charge in [0.2, 0.25) is 0 Å². The normalized spacial score (nSPS) is 15.0. The number of nitrogens with zero attached hydrogens (tertiary/aromatic N) is 2. The molecule has 0 aliphatic heterocycles. The van der Waals surface area contributed by atoms with Crippen molar-refractivity contribution in [2.75, 3.05) is 13.1 Å². The molecule has 3 nitrogen and oxygen atoms in total. The van der Waals surface area contributed by atoms with Crippen LogP contribution in [0.3, 0.4) is 0 Å². The zero-order valence-corrected chi connectivity index (χ0v) is 11.0. The highest BCUT2D eigenvalue weighted by Crippen LogP contribution is 2.17. The smallest absolute Gasteiger partial charge is 0.0492 e. The minimum atomic E-state index is 0.744. The van der Waals surface area contributed by atoms with Gasteiger partial charge in [0.25, 0.3) is 0 Å². The van der Waals surface area contributed by atoms with E-state index in [9.17, 15) is 0 Å². The lowest BCUT2D eigenvalue weighted by molar-refractivity contribution is 0.348. The van der Waals surface area contributed by atoms with Gasteiger partial charge in [0.05, 0.1) is 0 Å². The summed E-state index contributed by atoms with van der Waals surface area (Å²) in [5.74, 6) is 1.50. The van der Waals surface area contributed by atoms with Gasteiger partial charge in [-0.25, -0.2) is 0 Å². The quantitative estimate of drug-likeness (QED) is 0.768. The fraction of sp³-hybridized carbons (Fsp3) is 0.769. The predicted octanol–water partition coefficient (Wildman–Crippen LogP) is 2.23. The van der Waals surface area contributed by atoms with E-state index >= 15 is 0 Å². The molecule has 0 saturated heterocycles. The van der Waals surface area contributed by atoms with Gasteiger partial charge < -0.3 is 5.32 Å². The van der Waals surface area contributed by atoms with Crippen LogP contribution < -0.4 is 5.32 Å². The van der Waals surface area contributed by atoms with Crippen LogP contribution in [-0.4, -0.2) is 22.9 Å². The summed E-state index contributed by atoms with van der Waals surface area (Å²) in [7, 11) is 2.02. The van der Waals surface area contributed by atoms with Crippen LogP contribution >= 0.6 is 0 Å². The van der Waals surface area contributed by atoms with Crippen molar-refractivity contribution in [3.63, 3.8) is 0 Å². The third kappa shape index (κ3) is 3.97. The molecule has 2 unspecified atom stereocenters. The lowest BCUT2D eigenvalue weighted by Crippen LogP contribution is -2.25. The van der Waals surface area contributed by atoms with Crippen molar-refractivity contribution in [3.8, 4) is 0 Å². The number of nitrogens with one attached hydrogen (secondary N) is 1. The van der Waals surface area contributed by atoms with Gasteiger partial charge in [-0.15, -0.1) is 0 Å². The Balaban J connectivity index is 2.29. The second-order valence-corrected chi connectivity index (χ2v) is 4.75. The van der Waals surface area contributed by atoms with Crippen molar-refractivity contribution in [2.45, 2.75) is 33.6 Å². The van der Waals surface area contributed by atoms with Crippen LogP contribution in [0.4, 0.5) is 0 Å². The van der Waals surface area contributed by atoms with E-state index in [0.717, 1.165) is 31.3 Å². The van der Waals surface area contributed by atoms with Gasteiger partial charge >= 0.3 is 0 Å². The second kappa shape index (κ2) is 6.69. The Morgan fingerprint density at radius 2 is 2.12 bits per heavy atom. The third-order valence-electron chi connectivity index (χ3n) is 3.47. The first-order valence-corrected chi connectivity index (χ1v) is 6.32. The second-order valence-electron chi connectivity index (χ2n) is 4.75. The Bertz CT molecular complexity index is 293. The van der Waals surface area contributed by atoms with Crippen molar-refractivity contribution >= 4 is 0 Å². The van der Waals surface area contributed by atoms with E-state index in [4.69, 9.17) is 0 Å². The summed E-state index contributed by atoms with van der Waals surface area (Å²) in [5.41, 5.74) is 1.34.